The highest BCUT2D eigenvalue weighted by Crippen LogP contribution is 2.50. The van der Waals surface area contributed by atoms with E-state index in [1.54, 1.807) is 6.07 Å². The van der Waals surface area contributed by atoms with Crippen LogP contribution in [0.1, 0.15) is 62.4 Å². The lowest BCUT2D eigenvalue weighted by Gasteiger charge is -2.22. The lowest BCUT2D eigenvalue weighted by molar-refractivity contribution is -0.661. The molecule has 0 N–H and O–H groups in total. The first-order valence-corrected chi connectivity index (χ1v) is 14.7. The summed E-state index contributed by atoms with van der Waals surface area (Å²) >= 11 is 0. The second-order valence-electron chi connectivity index (χ2n) is 13.5. The number of rotatable bonds is 2. The van der Waals surface area contributed by atoms with E-state index in [0.717, 1.165) is 44.3 Å². The molecular weight excluding hydrogens is 531 g/mol. The van der Waals surface area contributed by atoms with Crippen LogP contribution in [0.5, 0.6) is 0 Å². The second kappa shape index (κ2) is 9.12. The number of furan rings is 1. The summed E-state index contributed by atoms with van der Waals surface area (Å²) in [6, 6.07) is 27.1. The number of nitriles is 1. The molecule has 2 heterocycles. The molecule has 0 saturated carbocycles. The van der Waals surface area contributed by atoms with Crippen LogP contribution < -0.4 is 4.57 Å². The molecule has 3 nitrogen and oxygen atoms in total. The number of hydrogen-bond acceptors (Lipinski definition) is 2. The Morgan fingerprint density at radius 2 is 1.58 bits per heavy atom. The van der Waals surface area contributed by atoms with Crippen molar-refractivity contribution in [3.05, 3.63) is 113 Å². The van der Waals surface area contributed by atoms with Gasteiger partial charge in [0.2, 0.25) is 5.69 Å². The molecule has 0 aliphatic heterocycles. The van der Waals surface area contributed by atoms with Gasteiger partial charge in [-0.2, -0.15) is 5.26 Å². The number of aromatic nitrogens is 1. The Labute approximate surface area is 251 Å². The third-order valence-corrected chi connectivity index (χ3v) is 9.26. The summed E-state index contributed by atoms with van der Waals surface area (Å²) in [5, 5.41) is 11.8. The van der Waals surface area contributed by atoms with Crippen molar-refractivity contribution in [2.45, 2.75) is 52.4 Å². The first-order valence-electron chi connectivity index (χ1n) is 14.7. The summed E-state index contributed by atoms with van der Waals surface area (Å²) in [6.07, 6.45) is 1.88. The molecule has 1 aliphatic carbocycles. The second-order valence-corrected chi connectivity index (χ2v) is 13.5. The van der Waals surface area contributed by atoms with Crippen molar-refractivity contribution in [1.29, 1.82) is 5.26 Å². The van der Waals surface area contributed by atoms with Crippen LogP contribution in [0.15, 0.2) is 83.4 Å². The van der Waals surface area contributed by atoms with E-state index in [2.05, 4.69) is 68.4 Å². The highest BCUT2D eigenvalue weighted by molar-refractivity contribution is 6.13. The number of hydrogen-bond donors (Lipinski definition) is 0. The molecule has 4 aromatic carbocycles. The quantitative estimate of drug-likeness (QED) is 0.196. The van der Waals surface area contributed by atoms with E-state index in [-0.39, 0.29) is 16.6 Å². The zero-order valence-electron chi connectivity index (χ0n) is 25.7. The Hall–Kier alpha value is -4.75. The summed E-state index contributed by atoms with van der Waals surface area (Å²) < 4.78 is 24.3. The summed E-state index contributed by atoms with van der Waals surface area (Å²) in [7, 11) is 1.95. The Bertz CT molecular complexity index is 2190. The SMILES string of the molecule is Cc1ccc2c(oc3c(-c4ccc5c(c4)C(C)(C)c4ccccc4-5)cc(C#N)cc32)c1-c1cc(F)c(C(C)(C)C)c[n+]1C. The normalized spacial score (nSPS) is 13.7. The molecule has 7 rings (SSSR count). The van der Waals surface area contributed by atoms with E-state index in [0.29, 0.717) is 16.7 Å². The van der Waals surface area contributed by atoms with Crippen LogP contribution in [0.2, 0.25) is 0 Å². The van der Waals surface area contributed by atoms with Crippen molar-refractivity contribution >= 4 is 21.9 Å². The summed E-state index contributed by atoms with van der Waals surface area (Å²) in [5.74, 6) is -0.234. The van der Waals surface area contributed by atoms with Crippen molar-refractivity contribution < 1.29 is 13.4 Å². The molecule has 0 amide bonds. The van der Waals surface area contributed by atoms with Gasteiger partial charge in [0.05, 0.1) is 22.8 Å². The zero-order chi connectivity index (χ0) is 30.4. The molecule has 0 saturated heterocycles. The topological polar surface area (TPSA) is 40.8 Å². The minimum absolute atomic E-state index is 0.149. The molecule has 212 valence electrons. The highest BCUT2D eigenvalue weighted by Gasteiger charge is 2.35. The van der Waals surface area contributed by atoms with E-state index >= 15 is 4.39 Å². The standard InChI is InChI=1S/C39H34FN2O/c1-22-12-14-27-29-17-23(20-41)16-28(24-13-15-26-25-10-8-9-11-30(25)39(5,6)31(26)18-24)36(29)43-37(27)35(22)34-19-33(40)32(21-42(34)7)38(2,3)4/h8-19,21H,1-7H3/q+1. The Morgan fingerprint density at radius 3 is 2.33 bits per heavy atom. The Morgan fingerprint density at radius 1 is 0.837 bits per heavy atom. The first-order chi connectivity index (χ1) is 20.4. The fourth-order valence-corrected chi connectivity index (χ4v) is 6.93. The van der Waals surface area contributed by atoms with Crippen LogP contribution >= 0.6 is 0 Å². The van der Waals surface area contributed by atoms with Gasteiger partial charge >= 0.3 is 0 Å². The lowest BCUT2D eigenvalue weighted by atomic mass is 9.81. The van der Waals surface area contributed by atoms with Gasteiger partial charge < -0.3 is 4.42 Å². The zero-order valence-corrected chi connectivity index (χ0v) is 25.7. The minimum Gasteiger partial charge on any atom is -0.454 e. The number of benzene rings is 4. The fourth-order valence-electron chi connectivity index (χ4n) is 6.93. The fraction of sp³-hybridized carbons (Fsp3) is 0.231. The maximum Gasteiger partial charge on any atom is 0.219 e. The molecular formula is C39H34FN2O+. The van der Waals surface area contributed by atoms with Crippen molar-refractivity contribution in [2.75, 3.05) is 0 Å². The maximum absolute atomic E-state index is 15.5. The summed E-state index contributed by atoms with van der Waals surface area (Å²) in [5.41, 5.74) is 11.7. The molecule has 0 spiro atoms. The van der Waals surface area contributed by atoms with E-state index in [4.69, 9.17) is 4.42 Å². The molecule has 0 radical (unpaired) electrons. The minimum atomic E-state index is -0.324. The highest BCUT2D eigenvalue weighted by atomic mass is 19.1. The maximum atomic E-state index is 15.5. The van der Waals surface area contributed by atoms with Gasteiger partial charge in [0.25, 0.3) is 0 Å². The van der Waals surface area contributed by atoms with Crippen LogP contribution in [-0.2, 0) is 17.9 Å². The molecule has 6 aromatic rings. The smallest absolute Gasteiger partial charge is 0.219 e. The van der Waals surface area contributed by atoms with Crippen LogP contribution in [0, 0.1) is 24.1 Å². The van der Waals surface area contributed by atoms with Gasteiger partial charge in [-0.25, -0.2) is 8.96 Å². The van der Waals surface area contributed by atoms with Crippen molar-refractivity contribution in [3.8, 4) is 39.6 Å². The van der Waals surface area contributed by atoms with Crippen LogP contribution in [0.25, 0.3) is 55.4 Å². The monoisotopic (exact) mass is 565 g/mol. The summed E-state index contributed by atoms with van der Waals surface area (Å²) in [4.78, 5) is 0. The molecule has 0 unspecified atom stereocenters. The largest absolute Gasteiger partial charge is 0.454 e. The summed E-state index contributed by atoms with van der Waals surface area (Å²) in [6.45, 7) is 12.6. The van der Waals surface area contributed by atoms with Gasteiger partial charge in [-0.05, 0) is 63.9 Å². The van der Waals surface area contributed by atoms with Gasteiger partial charge in [-0.3, -0.25) is 0 Å². The predicted octanol–water partition coefficient (Wildman–Crippen LogP) is 9.67. The first kappa shape index (κ1) is 27.1. The third-order valence-electron chi connectivity index (χ3n) is 9.26. The molecule has 0 bridgehead atoms. The van der Waals surface area contributed by atoms with E-state index in [1.807, 2.05) is 63.7 Å². The van der Waals surface area contributed by atoms with Gasteiger partial charge in [0, 0.05) is 27.8 Å². The van der Waals surface area contributed by atoms with Crippen molar-refractivity contribution in [2.24, 2.45) is 7.05 Å². The molecule has 0 fully saturated rings. The molecule has 43 heavy (non-hydrogen) atoms. The molecule has 4 heteroatoms. The van der Waals surface area contributed by atoms with Gasteiger partial charge in [-0.15, -0.1) is 0 Å². The number of halogens is 1. The van der Waals surface area contributed by atoms with Gasteiger partial charge in [-0.1, -0.05) is 83.1 Å². The van der Waals surface area contributed by atoms with Crippen LogP contribution in [-0.4, -0.2) is 0 Å². The van der Waals surface area contributed by atoms with Gasteiger partial charge in [0.1, 0.15) is 24.0 Å². The van der Waals surface area contributed by atoms with Crippen molar-refractivity contribution in [3.63, 3.8) is 0 Å². The number of fused-ring (bicyclic) bond motifs is 6. The third kappa shape index (κ3) is 3.95. The predicted molar refractivity (Wildman–Crippen MR) is 171 cm³/mol. The number of aryl methyl sites for hydroxylation is 2. The van der Waals surface area contributed by atoms with E-state index in [1.165, 1.54) is 22.3 Å². The average molecular weight is 566 g/mol. The Balaban J connectivity index is 1.49. The molecule has 0 atom stereocenters. The van der Waals surface area contributed by atoms with Crippen LogP contribution in [0.3, 0.4) is 0 Å². The van der Waals surface area contributed by atoms with E-state index < -0.39 is 0 Å². The number of pyridine rings is 1. The molecule has 1 aliphatic rings. The Kier molecular flexibility index (Phi) is 5.75. The van der Waals surface area contributed by atoms with Crippen molar-refractivity contribution in [1.82, 2.24) is 0 Å². The van der Waals surface area contributed by atoms with E-state index in [9.17, 15) is 5.26 Å². The molecule has 2 aromatic heterocycles. The lowest BCUT2D eigenvalue weighted by Crippen LogP contribution is -2.34. The average Bonchev–Trinajstić information content (AvgIpc) is 3.45. The number of nitrogens with zero attached hydrogens (tertiary/aromatic N) is 2. The van der Waals surface area contributed by atoms with Crippen LogP contribution in [0.4, 0.5) is 4.39 Å². The van der Waals surface area contributed by atoms with Gasteiger partial charge in [0.15, 0.2) is 6.20 Å².